The Bertz CT molecular complexity index is 793. The first-order chi connectivity index (χ1) is 11.0. The molecular formula is C16H20N4O2S. The Morgan fingerprint density at radius 3 is 2.57 bits per heavy atom. The van der Waals surface area contributed by atoms with E-state index in [1.807, 2.05) is 38.1 Å². The van der Waals surface area contributed by atoms with Gasteiger partial charge in [-0.15, -0.1) is 0 Å². The Kier molecular flexibility index (Phi) is 4.45. The molecule has 7 heteroatoms. The molecule has 3 N–H and O–H groups in total. The van der Waals surface area contributed by atoms with Crippen LogP contribution in [0.2, 0.25) is 0 Å². The van der Waals surface area contributed by atoms with Crippen LogP contribution in [-0.4, -0.2) is 19.6 Å². The summed E-state index contributed by atoms with van der Waals surface area (Å²) >= 11 is 0. The summed E-state index contributed by atoms with van der Waals surface area (Å²) in [6, 6.07) is 9.21. The second-order valence-electron chi connectivity index (χ2n) is 5.80. The predicted molar refractivity (Wildman–Crippen MR) is 87.9 cm³/mol. The van der Waals surface area contributed by atoms with Crippen molar-refractivity contribution in [2.24, 2.45) is 0 Å². The quantitative estimate of drug-likeness (QED) is 0.791. The largest absolute Gasteiger partial charge is 0.265 e. The molecule has 2 unspecified atom stereocenters. The lowest BCUT2D eigenvalue weighted by molar-refractivity contribution is 0.505. The van der Waals surface area contributed by atoms with Crippen molar-refractivity contribution in [3.8, 4) is 0 Å². The summed E-state index contributed by atoms with van der Waals surface area (Å²) in [4.78, 5) is 4.31. The Morgan fingerprint density at radius 2 is 1.87 bits per heavy atom. The van der Waals surface area contributed by atoms with Gasteiger partial charge in [-0.2, -0.15) is 4.72 Å². The molecule has 1 aliphatic heterocycles. The van der Waals surface area contributed by atoms with Crippen LogP contribution in [0.4, 0.5) is 0 Å². The Morgan fingerprint density at radius 1 is 1.13 bits per heavy atom. The number of hydrogen-bond acceptors (Lipinski definition) is 5. The third-order valence-electron chi connectivity index (χ3n) is 3.93. The molecule has 1 aliphatic rings. The summed E-state index contributed by atoms with van der Waals surface area (Å²) in [5.74, 6) is 0. The van der Waals surface area contributed by atoms with Gasteiger partial charge in [-0.1, -0.05) is 17.7 Å². The number of aryl methyl sites for hydroxylation is 2. The fourth-order valence-corrected chi connectivity index (χ4v) is 4.19. The smallest absolute Gasteiger partial charge is 0.242 e. The van der Waals surface area contributed by atoms with E-state index in [1.54, 1.807) is 18.5 Å². The molecule has 2 aromatic rings. The number of aromatic nitrogens is 1. The van der Waals surface area contributed by atoms with Crippen LogP contribution in [0, 0.1) is 13.8 Å². The fourth-order valence-electron chi connectivity index (χ4n) is 2.80. The molecule has 0 saturated carbocycles. The van der Waals surface area contributed by atoms with Gasteiger partial charge in [0.1, 0.15) is 0 Å². The number of nitrogens with zero attached hydrogens (tertiary/aromatic N) is 1. The zero-order valence-corrected chi connectivity index (χ0v) is 13.9. The van der Waals surface area contributed by atoms with E-state index in [0.29, 0.717) is 11.3 Å². The molecule has 2 atom stereocenters. The average Bonchev–Trinajstić information content (AvgIpc) is 2.95. The summed E-state index contributed by atoms with van der Waals surface area (Å²) in [7, 11) is -3.56. The van der Waals surface area contributed by atoms with Gasteiger partial charge in [0.05, 0.1) is 11.1 Å². The van der Waals surface area contributed by atoms with E-state index in [9.17, 15) is 8.42 Å². The lowest BCUT2D eigenvalue weighted by atomic mass is 10.1. The summed E-state index contributed by atoms with van der Waals surface area (Å²) in [5, 5.41) is 0. The first kappa shape index (κ1) is 16.1. The van der Waals surface area contributed by atoms with Gasteiger partial charge in [0.15, 0.2) is 0 Å². The Balaban J connectivity index is 1.72. The number of rotatable bonds is 4. The van der Waals surface area contributed by atoms with Crippen molar-refractivity contribution < 1.29 is 8.42 Å². The summed E-state index contributed by atoms with van der Waals surface area (Å²) < 4.78 is 27.9. The molecule has 122 valence electrons. The molecule has 1 aromatic heterocycles. The van der Waals surface area contributed by atoms with Crippen molar-refractivity contribution in [2.75, 3.05) is 0 Å². The number of hydrogen-bond donors (Lipinski definition) is 3. The van der Waals surface area contributed by atoms with E-state index in [4.69, 9.17) is 0 Å². The highest BCUT2D eigenvalue weighted by Crippen LogP contribution is 2.22. The van der Waals surface area contributed by atoms with Gasteiger partial charge >= 0.3 is 0 Å². The minimum atomic E-state index is -3.56. The maximum Gasteiger partial charge on any atom is 0.242 e. The highest BCUT2D eigenvalue weighted by Gasteiger charge is 2.29. The zero-order chi connectivity index (χ0) is 16.4. The second-order valence-corrected chi connectivity index (χ2v) is 7.48. The van der Waals surface area contributed by atoms with E-state index >= 15 is 0 Å². The topological polar surface area (TPSA) is 83.1 Å². The standard InChI is InChI=1S/C16H20N4O2S/c1-11-3-4-15(12(2)9-11)23(21,22)20-16-10-14(18-19-16)13-5-7-17-8-6-13/h3-9,14,16,18-20H,10H2,1-2H3. The van der Waals surface area contributed by atoms with Gasteiger partial charge < -0.3 is 0 Å². The average molecular weight is 332 g/mol. The van der Waals surface area contributed by atoms with Gasteiger partial charge in [0.25, 0.3) is 0 Å². The molecule has 0 radical (unpaired) electrons. The van der Waals surface area contributed by atoms with Gasteiger partial charge in [0, 0.05) is 18.4 Å². The molecule has 0 amide bonds. The number of nitrogens with one attached hydrogen (secondary N) is 3. The lowest BCUT2D eigenvalue weighted by Gasteiger charge is -2.14. The third kappa shape index (κ3) is 3.59. The molecule has 23 heavy (non-hydrogen) atoms. The SMILES string of the molecule is Cc1ccc(S(=O)(=O)NC2CC(c3ccncc3)NN2)c(C)c1. The third-order valence-corrected chi connectivity index (χ3v) is 5.56. The second kappa shape index (κ2) is 6.37. The number of benzene rings is 1. The normalized spacial score (nSPS) is 21.5. The van der Waals surface area contributed by atoms with Crippen molar-refractivity contribution in [3.63, 3.8) is 0 Å². The van der Waals surface area contributed by atoms with Crippen LogP contribution in [0.5, 0.6) is 0 Å². The van der Waals surface area contributed by atoms with E-state index in [2.05, 4.69) is 20.6 Å². The monoisotopic (exact) mass is 332 g/mol. The molecule has 1 fully saturated rings. The Hall–Kier alpha value is -1.80. The van der Waals surface area contributed by atoms with E-state index in [-0.39, 0.29) is 12.2 Å². The summed E-state index contributed by atoms with van der Waals surface area (Å²) in [6.45, 7) is 3.75. The predicted octanol–water partition coefficient (Wildman–Crippen LogP) is 1.54. The van der Waals surface area contributed by atoms with Gasteiger partial charge in [-0.3, -0.25) is 4.98 Å². The molecule has 6 nitrogen and oxygen atoms in total. The molecule has 1 aromatic carbocycles. The van der Waals surface area contributed by atoms with Gasteiger partial charge in [-0.25, -0.2) is 19.3 Å². The minimum absolute atomic E-state index is 0.0461. The molecule has 0 bridgehead atoms. The Labute approximate surface area is 136 Å². The fraction of sp³-hybridized carbons (Fsp3) is 0.312. The van der Waals surface area contributed by atoms with Crippen molar-refractivity contribution >= 4 is 10.0 Å². The summed E-state index contributed by atoms with van der Waals surface area (Å²) in [5.41, 5.74) is 8.97. The molecular weight excluding hydrogens is 312 g/mol. The first-order valence-electron chi connectivity index (χ1n) is 7.46. The van der Waals surface area contributed by atoms with E-state index in [0.717, 1.165) is 16.7 Å². The zero-order valence-electron chi connectivity index (χ0n) is 13.1. The van der Waals surface area contributed by atoms with Gasteiger partial charge in [0.2, 0.25) is 10.0 Å². The molecule has 3 rings (SSSR count). The first-order valence-corrected chi connectivity index (χ1v) is 8.94. The highest BCUT2D eigenvalue weighted by molar-refractivity contribution is 7.89. The molecule has 0 spiro atoms. The van der Waals surface area contributed by atoms with Crippen LogP contribution >= 0.6 is 0 Å². The lowest BCUT2D eigenvalue weighted by Crippen LogP contribution is -2.44. The highest BCUT2D eigenvalue weighted by atomic mass is 32.2. The van der Waals surface area contributed by atoms with Crippen LogP contribution in [0.25, 0.3) is 0 Å². The van der Waals surface area contributed by atoms with Crippen LogP contribution < -0.4 is 15.6 Å². The van der Waals surface area contributed by atoms with Crippen LogP contribution in [0.1, 0.15) is 29.2 Å². The van der Waals surface area contributed by atoms with Crippen molar-refractivity contribution in [3.05, 3.63) is 59.4 Å². The van der Waals surface area contributed by atoms with Crippen LogP contribution in [-0.2, 0) is 10.0 Å². The van der Waals surface area contributed by atoms with Gasteiger partial charge in [-0.05, 0) is 49.6 Å². The molecule has 1 saturated heterocycles. The van der Waals surface area contributed by atoms with Crippen LogP contribution in [0.3, 0.4) is 0 Å². The number of sulfonamides is 1. The minimum Gasteiger partial charge on any atom is -0.265 e. The molecule has 0 aliphatic carbocycles. The van der Waals surface area contributed by atoms with Crippen molar-refractivity contribution in [2.45, 2.75) is 37.4 Å². The van der Waals surface area contributed by atoms with E-state index < -0.39 is 10.0 Å². The maximum atomic E-state index is 12.6. The van der Waals surface area contributed by atoms with Crippen molar-refractivity contribution in [1.82, 2.24) is 20.6 Å². The van der Waals surface area contributed by atoms with Crippen molar-refractivity contribution in [1.29, 1.82) is 0 Å². The number of hydrazine groups is 1. The molecule has 2 heterocycles. The van der Waals surface area contributed by atoms with E-state index in [1.165, 1.54) is 0 Å². The maximum absolute atomic E-state index is 12.6. The van der Waals surface area contributed by atoms with Crippen LogP contribution in [0.15, 0.2) is 47.6 Å². The summed E-state index contributed by atoms with van der Waals surface area (Å²) in [6.07, 6.45) is 3.71. The number of pyridine rings is 1.